The first-order valence-electron chi connectivity index (χ1n) is 5.32. The van der Waals surface area contributed by atoms with E-state index in [-0.39, 0.29) is 0 Å². The molecule has 15 heavy (non-hydrogen) atoms. The summed E-state index contributed by atoms with van der Waals surface area (Å²) in [6.45, 7) is 3.95. The summed E-state index contributed by atoms with van der Waals surface area (Å²) in [6.07, 6.45) is 6.71. The Kier molecular flexibility index (Phi) is 5.77. The van der Waals surface area contributed by atoms with Crippen LogP contribution in [0.1, 0.15) is 25.5 Å². The fourth-order valence-corrected chi connectivity index (χ4v) is 1.41. The standard InChI is InChI=1S/C10H18N4S/c1-2-5-12-10(15)13-6-3-4-9-7-11-8-14-9/h7-8H,2-6H2,1H3,(H,11,14)(H2,12,13,15). The number of rotatable bonds is 6. The average molecular weight is 226 g/mol. The van der Waals surface area contributed by atoms with Gasteiger partial charge in [0.15, 0.2) is 5.11 Å². The topological polar surface area (TPSA) is 52.7 Å². The number of nitrogens with zero attached hydrogens (tertiary/aromatic N) is 1. The summed E-state index contributed by atoms with van der Waals surface area (Å²) in [5, 5.41) is 7.04. The van der Waals surface area contributed by atoms with Crippen LogP contribution in [0.2, 0.25) is 0 Å². The number of aromatic nitrogens is 2. The minimum atomic E-state index is 0.751. The van der Waals surface area contributed by atoms with E-state index in [4.69, 9.17) is 12.2 Å². The number of hydrogen-bond donors (Lipinski definition) is 3. The monoisotopic (exact) mass is 226 g/mol. The van der Waals surface area contributed by atoms with Crippen LogP contribution in [0, 0.1) is 0 Å². The maximum atomic E-state index is 5.09. The minimum absolute atomic E-state index is 0.751. The van der Waals surface area contributed by atoms with E-state index < -0.39 is 0 Å². The smallest absolute Gasteiger partial charge is 0.166 e. The summed E-state index contributed by atoms with van der Waals surface area (Å²) in [4.78, 5) is 7.03. The van der Waals surface area contributed by atoms with E-state index in [1.807, 2.05) is 6.20 Å². The third-order valence-corrected chi connectivity index (χ3v) is 2.29. The summed E-state index contributed by atoms with van der Waals surface area (Å²) in [5.74, 6) is 0. The summed E-state index contributed by atoms with van der Waals surface area (Å²) in [5.41, 5.74) is 1.17. The Morgan fingerprint density at radius 3 is 2.93 bits per heavy atom. The van der Waals surface area contributed by atoms with Crippen LogP contribution in [-0.2, 0) is 6.42 Å². The molecule has 5 heteroatoms. The molecule has 0 saturated heterocycles. The summed E-state index contributed by atoms with van der Waals surface area (Å²) in [6, 6.07) is 0. The van der Waals surface area contributed by atoms with Crippen molar-refractivity contribution in [3.05, 3.63) is 18.2 Å². The minimum Gasteiger partial charge on any atom is -0.363 e. The number of aromatic amines is 1. The van der Waals surface area contributed by atoms with Crippen molar-refractivity contribution in [2.75, 3.05) is 13.1 Å². The molecule has 1 heterocycles. The van der Waals surface area contributed by atoms with Crippen LogP contribution in [0.25, 0.3) is 0 Å². The predicted molar refractivity (Wildman–Crippen MR) is 65.8 cm³/mol. The number of imidazole rings is 1. The molecule has 3 N–H and O–H groups in total. The van der Waals surface area contributed by atoms with E-state index in [1.54, 1.807) is 6.33 Å². The van der Waals surface area contributed by atoms with Crippen LogP contribution in [0.5, 0.6) is 0 Å². The van der Waals surface area contributed by atoms with Crippen LogP contribution in [-0.4, -0.2) is 28.2 Å². The molecule has 0 aromatic carbocycles. The zero-order chi connectivity index (χ0) is 10.9. The molecule has 1 aromatic rings. The zero-order valence-corrected chi connectivity index (χ0v) is 9.86. The molecule has 84 valence electrons. The fourth-order valence-electron chi connectivity index (χ4n) is 1.20. The van der Waals surface area contributed by atoms with Crippen LogP contribution in [0.15, 0.2) is 12.5 Å². The van der Waals surface area contributed by atoms with Crippen molar-refractivity contribution in [2.45, 2.75) is 26.2 Å². The van der Waals surface area contributed by atoms with E-state index in [0.29, 0.717) is 0 Å². The second-order valence-electron chi connectivity index (χ2n) is 3.36. The van der Waals surface area contributed by atoms with Crippen molar-refractivity contribution in [1.29, 1.82) is 0 Å². The first-order valence-corrected chi connectivity index (χ1v) is 5.72. The predicted octanol–water partition coefficient (Wildman–Crippen LogP) is 1.22. The van der Waals surface area contributed by atoms with Gasteiger partial charge in [0.1, 0.15) is 0 Å². The van der Waals surface area contributed by atoms with E-state index in [9.17, 15) is 0 Å². The number of aryl methyl sites for hydroxylation is 1. The fraction of sp³-hybridized carbons (Fsp3) is 0.600. The molecule has 4 nitrogen and oxygen atoms in total. The van der Waals surface area contributed by atoms with E-state index in [0.717, 1.165) is 37.5 Å². The first-order chi connectivity index (χ1) is 7.33. The molecule has 0 bridgehead atoms. The van der Waals surface area contributed by atoms with Gasteiger partial charge in [-0.1, -0.05) is 6.92 Å². The second kappa shape index (κ2) is 7.23. The van der Waals surface area contributed by atoms with Gasteiger partial charge < -0.3 is 15.6 Å². The van der Waals surface area contributed by atoms with Gasteiger partial charge in [-0.3, -0.25) is 0 Å². The SMILES string of the molecule is CCCNC(=S)NCCCc1cnc[nH]1. The Morgan fingerprint density at radius 2 is 2.27 bits per heavy atom. The molecule has 0 aliphatic carbocycles. The van der Waals surface area contributed by atoms with Crippen LogP contribution >= 0.6 is 12.2 Å². The first kappa shape index (κ1) is 12.0. The number of nitrogens with one attached hydrogen (secondary N) is 3. The lowest BCUT2D eigenvalue weighted by molar-refractivity contribution is 0.740. The van der Waals surface area contributed by atoms with Crippen molar-refractivity contribution >= 4 is 17.3 Å². The van der Waals surface area contributed by atoms with Gasteiger partial charge in [-0.2, -0.15) is 0 Å². The van der Waals surface area contributed by atoms with Crippen LogP contribution in [0.3, 0.4) is 0 Å². The van der Waals surface area contributed by atoms with Crippen molar-refractivity contribution in [1.82, 2.24) is 20.6 Å². The van der Waals surface area contributed by atoms with Gasteiger partial charge in [-0.15, -0.1) is 0 Å². The molecule has 0 aliphatic heterocycles. The Balaban J connectivity index is 1.99. The highest BCUT2D eigenvalue weighted by Crippen LogP contribution is 1.95. The third-order valence-electron chi connectivity index (χ3n) is 2.00. The highest BCUT2D eigenvalue weighted by atomic mass is 32.1. The van der Waals surface area contributed by atoms with Crippen LogP contribution < -0.4 is 10.6 Å². The number of H-pyrrole nitrogens is 1. The van der Waals surface area contributed by atoms with E-state index in [1.165, 1.54) is 5.69 Å². The van der Waals surface area contributed by atoms with Crippen molar-refractivity contribution < 1.29 is 0 Å². The molecule has 0 atom stereocenters. The van der Waals surface area contributed by atoms with Gasteiger partial charge in [-0.25, -0.2) is 4.98 Å². The van der Waals surface area contributed by atoms with Crippen molar-refractivity contribution in [2.24, 2.45) is 0 Å². The molecule has 0 aliphatic rings. The maximum Gasteiger partial charge on any atom is 0.166 e. The molecule has 0 fully saturated rings. The maximum absolute atomic E-state index is 5.09. The quantitative estimate of drug-likeness (QED) is 0.504. The molecule has 0 saturated carbocycles. The molecular formula is C10H18N4S. The van der Waals surface area contributed by atoms with E-state index >= 15 is 0 Å². The second-order valence-corrected chi connectivity index (χ2v) is 3.77. The largest absolute Gasteiger partial charge is 0.363 e. The van der Waals surface area contributed by atoms with Gasteiger partial charge in [-0.05, 0) is 31.5 Å². The summed E-state index contributed by atoms with van der Waals surface area (Å²) >= 11 is 5.09. The van der Waals surface area contributed by atoms with Gasteiger partial charge in [0, 0.05) is 25.0 Å². The Labute approximate surface area is 95.9 Å². The van der Waals surface area contributed by atoms with Gasteiger partial charge >= 0.3 is 0 Å². The van der Waals surface area contributed by atoms with Gasteiger partial charge in [0.2, 0.25) is 0 Å². The molecule has 0 radical (unpaired) electrons. The summed E-state index contributed by atoms with van der Waals surface area (Å²) < 4.78 is 0. The molecule has 1 aromatic heterocycles. The van der Waals surface area contributed by atoms with Crippen molar-refractivity contribution in [3.63, 3.8) is 0 Å². The Hall–Kier alpha value is -1.10. The lowest BCUT2D eigenvalue weighted by Crippen LogP contribution is -2.36. The summed E-state index contributed by atoms with van der Waals surface area (Å²) in [7, 11) is 0. The van der Waals surface area contributed by atoms with Crippen LogP contribution in [0.4, 0.5) is 0 Å². The Bertz CT molecular complexity index is 271. The molecule has 1 rings (SSSR count). The third kappa shape index (κ3) is 5.37. The molecule has 0 amide bonds. The lowest BCUT2D eigenvalue weighted by atomic mass is 10.2. The molecular weight excluding hydrogens is 208 g/mol. The zero-order valence-electron chi connectivity index (χ0n) is 9.05. The van der Waals surface area contributed by atoms with Crippen molar-refractivity contribution in [3.8, 4) is 0 Å². The molecule has 0 spiro atoms. The number of thiocarbonyl (C=S) groups is 1. The van der Waals surface area contributed by atoms with Gasteiger partial charge in [0.25, 0.3) is 0 Å². The lowest BCUT2D eigenvalue weighted by Gasteiger charge is -2.08. The number of hydrogen-bond acceptors (Lipinski definition) is 2. The van der Waals surface area contributed by atoms with E-state index in [2.05, 4.69) is 27.5 Å². The Morgan fingerprint density at radius 1 is 1.47 bits per heavy atom. The average Bonchev–Trinajstić information content (AvgIpc) is 2.74. The molecule has 0 unspecified atom stereocenters. The normalized spacial score (nSPS) is 9.93. The van der Waals surface area contributed by atoms with Gasteiger partial charge in [0.05, 0.1) is 6.33 Å². The highest BCUT2D eigenvalue weighted by molar-refractivity contribution is 7.80. The highest BCUT2D eigenvalue weighted by Gasteiger charge is 1.95.